The maximum absolute atomic E-state index is 10.9. The minimum absolute atomic E-state index is 0.280. The molecule has 1 N–H and O–H groups in total. The Balaban J connectivity index is 2.06. The Bertz CT molecular complexity index is 599. The van der Waals surface area contributed by atoms with Crippen molar-refractivity contribution >= 4 is 17.0 Å². The van der Waals surface area contributed by atoms with Gasteiger partial charge in [0.2, 0.25) is 0 Å². The first-order valence-electron chi connectivity index (χ1n) is 5.64. The molecule has 0 radical (unpaired) electrons. The lowest BCUT2D eigenvalue weighted by molar-refractivity contribution is 0.0697. The van der Waals surface area contributed by atoms with Crippen LogP contribution < -0.4 is 0 Å². The smallest absolute Gasteiger partial charge is 0.335 e. The quantitative estimate of drug-likeness (QED) is 0.876. The molecule has 0 amide bonds. The van der Waals surface area contributed by atoms with Gasteiger partial charge >= 0.3 is 5.97 Å². The third-order valence-electron chi connectivity index (χ3n) is 3.40. The zero-order valence-electron chi connectivity index (χ0n) is 9.55. The summed E-state index contributed by atoms with van der Waals surface area (Å²) in [6, 6.07) is 4.91. The fourth-order valence-corrected chi connectivity index (χ4v) is 1.95. The Morgan fingerprint density at radius 3 is 2.94 bits per heavy atom. The summed E-state index contributed by atoms with van der Waals surface area (Å²) in [7, 11) is 0. The minimum Gasteiger partial charge on any atom is -0.478 e. The molecule has 3 rings (SSSR count). The monoisotopic (exact) mass is 231 g/mol. The number of aromatic nitrogens is 3. The van der Waals surface area contributed by atoms with E-state index in [0.717, 1.165) is 17.6 Å². The maximum atomic E-state index is 10.9. The van der Waals surface area contributed by atoms with Gasteiger partial charge in [0.05, 0.1) is 11.1 Å². The number of carboxylic acid groups (broad SMARTS) is 1. The highest BCUT2D eigenvalue weighted by Gasteiger charge is 2.38. The van der Waals surface area contributed by atoms with Gasteiger partial charge in [-0.3, -0.25) is 0 Å². The lowest BCUT2D eigenvalue weighted by Gasteiger charge is -2.08. The molecule has 0 unspecified atom stereocenters. The number of hydrogen-bond acceptors (Lipinski definition) is 3. The third kappa shape index (κ3) is 1.77. The van der Waals surface area contributed by atoms with Gasteiger partial charge in [0.15, 0.2) is 0 Å². The average Bonchev–Trinajstić information content (AvgIpc) is 2.88. The highest BCUT2D eigenvalue weighted by molar-refractivity contribution is 5.92. The van der Waals surface area contributed by atoms with E-state index in [1.54, 1.807) is 18.2 Å². The highest BCUT2D eigenvalue weighted by Crippen LogP contribution is 2.46. The molecule has 0 spiro atoms. The summed E-state index contributed by atoms with van der Waals surface area (Å²) < 4.78 is 1.81. The van der Waals surface area contributed by atoms with Crippen molar-refractivity contribution in [1.29, 1.82) is 0 Å². The van der Waals surface area contributed by atoms with E-state index in [0.29, 0.717) is 5.41 Å². The first kappa shape index (κ1) is 10.3. The Hall–Kier alpha value is -1.91. The maximum Gasteiger partial charge on any atom is 0.335 e. The van der Waals surface area contributed by atoms with E-state index in [2.05, 4.69) is 17.2 Å². The molecule has 1 saturated carbocycles. The molecular weight excluding hydrogens is 218 g/mol. The van der Waals surface area contributed by atoms with Crippen molar-refractivity contribution in [3.8, 4) is 0 Å². The number of rotatable bonds is 3. The lowest BCUT2D eigenvalue weighted by atomic mass is 10.1. The predicted molar refractivity (Wildman–Crippen MR) is 61.8 cm³/mol. The third-order valence-corrected chi connectivity index (χ3v) is 3.40. The van der Waals surface area contributed by atoms with Crippen LogP contribution in [0.15, 0.2) is 18.2 Å². The van der Waals surface area contributed by atoms with Crippen molar-refractivity contribution in [1.82, 2.24) is 15.0 Å². The second-order valence-electron chi connectivity index (χ2n) is 5.07. The molecule has 1 aromatic heterocycles. The summed E-state index contributed by atoms with van der Waals surface area (Å²) in [6.45, 7) is 3.02. The number of carbonyl (C=O) groups is 1. The molecular formula is C12H13N3O2. The summed E-state index contributed by atoms with van der Waals surface area (Å²) in [6.07, 6.45) is 2.40. The normalized spacial score (nSPS) is 17.2. The molecule has 5 heteroatoms. The number of nitrogens with zero attached hydrogens (tertiary/aromatic N) is 3. The number of fused-ring (bicyclic) bond motifs is 1. The number of hydrogen-bond donors (Lipinski definition) is 1. The van der Waals surface area contributed by atoms with Gasteiger partial charge in [0.1, 0.15) is 5.52 Å². The van der Waals surface area contributed by atoms with E-state index in [4.69, 9.17) is 5.11 Å². The lowest BCUT2D eigenvalue weighted by Crippen LogP contribution is -2.09. The van der Waals surface area contributed by atoms with Crippen LogP contribution in [0.1, 0.15) is 30.1 Å². The van der Waals surface area contributed by atoms with Crippen LogP contribution in [-0.2, 0) is 6.54 Å². The second-order valence-corrected chi connectivity index (χ2v) is 5.07. The Morgan fingerprint density at radius 2 is 2.29 bits per heavy atom. The molecule has 1 aliphatic rings. The Labute approximate surface area is 98.0 Å². The molecule has 1 aromatic carbocycles. The Morgan fingerprint density at radius 1 is 1.53 bits per heavy atom. The predicted octanol–water partition coefficient (Wildman–Crippen LogP) is 1.93. The van der Waals surface area contributed by atoms with Gasteiger partial charge in [-0.1, -0.05) is 12.1 Å². The molecule has 1 aliphatic carbocycles. The van der Waals surface area contributed by atoms with Crippen LogP contribution in [0.4, 0.5) is 0 Å². The summed E-state index contributed by atoms with van der Waals surface area (Å²) >= 11 is 0. The van der Waals surface area contributed by atoms with Gasteiger partial charge in [-0.2, -0.15) is 0 Å². The fraction of sp³-hybridized carbons (Fsp3) is 0.417. The summed E-state index contributed by atoms with van der Waals surface area (Å²) in [4.78, 5) is 10.9. The van der Waals surface area contributed by atoms with Crippen LogP contribution in [0.2, 0.25) is 0 Å². The molecule has 5 nitrogen and oxygen atoms in total. The number of benzene rings is 1. The average molecular weight is 231 g/mol. The number of aromatic carboxylic acids is 1. The van der Waals surface area contributed by atoms with E-state index in [9.17, 15) is 4.79 Å². The van der Waals surface area contributed by atoms with Crippen molar-refractivity contribution in [2.75, 3.05) is 0 Å². The van der Waals surface area contributed by atoms with Gasteiger partial charge in [-0.15, -0.1) is 5.10 Å². The summed E-state index contributed by atoms with van der Waals surface area (Å²) in [5.41, 5.74) is 2.15. The first-order chi connectivity index (χ1) is 8.07. The first-order valence-corrected chi connectivity index (χ1v) is 5.64. The van der Waals surface area contributed by atoms with Crippen molar-refractivity contribution in [3.63, 3.8) is 0 Å². The van der Waals surface area contributed by atoms with Gasteiger partial charge < -0.3 is 5.11 Å². The van der Waals surface area contributed by atoms with E-state index < -0.39 is 5.97 Å². The molecule has 88 valence electrons. The SMILES string of the molecule is CC1(Cn2nnc3ccc(C(=O)O)cc32)CC1. The van der Waals surface area contributed by atoms with Crippen LogP contribution >= 0.6 is 0 Å². The van der Waals surface area contributed by atoms with Gasteiger partial charge in [0, 0.05) is 6.54 Å². The largest absolute Gasteiger partial charge is 0.478 e. The van der Waals surface area contributed by atoms with Crippen molar-refractivity contribution in [3.05, 3.63) is 23.8 Å². The van der Waals surface area contributed by atoms with Gasteiger partial charge in [-0.25, -0.2) is 9.48 Å². The van der Waals surface area contributed by atoms with Gasteiger partial charge in [0.25, 0.3) is 0 Å². The van der Waals surface area contributed by atoms with Crippen LogP contribution in [0.5, 0.6) is 0 Å². The van der Waals surface area contributed by atoms with Crippen molar-refractivity contribution in [2.24, 2.45) is 5.41 Å². The molecule has 0 aliphatic heterocycles. The van der Waals surface area contributed by atoms with E-state index in [1.807, 2.05) is 4.68 Å². The molecule has 17 heavy (non-hydrogen) atoms. The molecule has 0 saturated heterocycles. The molecule has 1 heterocycles. The standard InChI is InChI=1S/C12H13N3O2/c1-12(4-5-12)7-15-10-6-8(11(16)17)2-3-9(10)13-14-15/h2-3,6H,4-5,7H2,1H3,(H,16,17). The molecule has 1 fully saturated rings. The topological polar surface area (TPSA) is 68.0 Å². The summed E-state index contributed by atoms with van der Waals surface area (Å²) in [5, 5.41) is 17.1. The second kappa shape index (κ2) is 3.29. The Kier molecular flexibility index (Phi) is 1.98. The van der Waals surface area contributed by atoms with E-state index in [1.165, 1.54) is 12.8 Å². The minimum atomic E-state index is -0.919. The summed E-state index contributed by atoms with van der Waals surface area (Å²) in [5.74, 6) is -0.919. The molecule has 2 aromatic rings. The van der Waals surface area contributed by atoms with Crippen LogP contribution in [0.3, 0.4) is 0 Å². The van der Waals surface area contributed by atoms with E-state index >= 15 is 0 Å². The van der Waals surface area contributed by atoms with E-state index in [-0.39, 0.29) is 5.56 Å². The fourth-order valence-electron chi connectivity index (χ4n) is 1.95. The van der Waals surface area contributed by atoms with Crippen LogP contribution in [0, 0.1) is 5.41 Å². The highest BCUT2D eigenvalue weighted by atomic mass is 16.4. The zero-order valence-corrected chi connectivity index (χ0v) is 9.55. The van der Waals surface area contributed by atoms with Gasteiger partial charge in [-0.05, 0) is 36.5 Å². The molecule has 0 bridgehead atoms. The van der Waals surface area contributed by atoms with Crippen molar-refractivity contribution < 1.29 is 9.90 Å². The number of carboxylic acids is 1. The van der Waals surface area contributed by atoms with Crippen LogP contribution in [0.25, 0.3) is 11.0 Å². The molecule has 0 atom stereocenters. The zero-order chi connectivity index (χ0) is 12.0. The van der Waals surface area contributed by atoms with Crippen LogP contribution in [-0.4, -0.2) is 26.1 Å². The van der Waals surface area contributed by atoms with Crippen molar-refractivity contribution in [2.45, 2.75) is 26.3 Å².